The molecule has 1 aromatic carbocycles. The highest BCUT2D eigenvalue weighted by Gasteiger charge is 2.25. The minimum atomic E-state index is -1.17. The lowest BCUT2D eigenvalue weighted by molar-refractivity contribution is 0.0444. The molecule has 0 amide bonds. The van der Waals surface area contributed by atoms with Crippen LogP contribution in [0.15, 0.2) is 18.2 Å². The second-order valence-corrected chi connectivity index (χ2v) is 4.83. The van der Waals surface area contributed by atoms with Crippen LogP contribution in [0.4, 0.5) is 4.39 Å². The van der Waals surface area contributed by atoms with E-state index in [0.717, 1.165) is 13.0 Å². The van der Waals surface area contributed by atoms with E-state index in [1.807, 2.05) is 0 Å². The first kappa shape index (κ1) is 14.4. The summed E-state index contributed by atoms with van der Waals surface area (Å²) in [7, 11) is 0. The summed E-state index contributed by atoms with van der Waals surface area (Å²) >= 11 is 5.68. The van der Waals surface area contributed by atoms with Gasteiger partial charge in [0.25, 0.3) is 0 Å². The van der Waals surface area contributed by atoms with Gasteiger partial charge in [-0.3, -0.25) is 0 Å². The van der Waals surface area contributed by atoms with E-state index in [0.29, 0.717) is 23.6 Å². The molecule has 0 aliphatic carbocycles. The Bertz CT molecular complexity index is 368. The minimum Gasteiger partial charge on any atom is -0.385 e. The van der Waals surface area contributed by atoms with Crippen molar-refractivity contribution in [1.29, 1.82) is 0 Å². The average Bonchev–Trinajstić information content (AvgIpc) is 2.24. The van der Waals surface area contributed by atoms with Gasteiger partial charge in [0.15, 0.2) is 0 Å². The molecule has 0 heterocycles. The van der Waals surface area contributed by atoms with Crippen molar-refractivity contribution in [3.63, 3.8) is 0 Å². The molecule has 0 radical (unpaired) electrons. The van der Waals surface area contributed by atoms with Crippen molar-refractivity contribution < 1.29 is 9.50 Å². The van der Waals surface area contributed by atoms with E-state index in [-0.39, 0.29) is 0 Å². The van der Waals surface area contributed by atoms with E-state index in [1.165, 1.54) is 12.1 Å². The molecule has 17 heavy (non-hydrogen) atoms. The maximum atomic E-state index is 13.7. The van der Waals surface area contributed by atoms with Gasteiger partial charge in [-0.05, 0) is 45.0 Å². The Labute approximate surface area is 107 Å². The van der Waals surface area contributed by atoms with Crippen LogP contribution in [0, 0.1) is 5.82 Å². The fraction of sp³-hybridized carbons (Fsp3) is 0.538. The third-order valence-electron chi connectivity index (χ3n) is 2.73. The molecule has 2 N–H and O–H groups in total. The van der Waals surface area contributed by atoms with Gasteiger partial charge in [0.2, 0.25) is 0 Å². The lowest BCUT2D eigenvalue weighted by Crippen LogP contribution is -2.29. The minimum absolute atomic E-state index is 0.292. The largest absolute Gasteiger partial charge is 0.385 e. The third kappa shape index (κ3) is 4.26. The number of hydrogen-bond acceptors (Lipinski definition) is 2. The fourth-order valence-electron chi connectivity index (χ4n) is 1.69. The molecule has 0 aliphatic heterocycles. The van der Waals surface area contributed by atoms with E-state index >= 15 is 0 Å². The summed E-state index contributed by atoms with van der Waals surface area (Å²) in [6.07, 6.45) is 1.50. The van der Waals surface area contributed by atoms with Gasteiger partial charge in [-0.1, -0.05) is 24.6 Å². The summed E-state index contributed by atoms with van der Waals surface area (Å²) in [6, 6.07) is 4.36. The van der Waals surface area contributed by atoms with Crippen LogP contribution in [0.25, 0.3) is 0 Å². The van der Waals surface area contributed by atoms with E-state index < -0.39 is 11.4 Å². The summed E-state index contributed by atoms with van der Waals surface area (Å²) in [6.45, 7) is 5.25. The monoisotopic (exact) mass is 259 g/mol. The molecule has 1 rings (SSSR count). The first-order chi connectivity index (χ1) is 7.97. The van der Waals surface area contributed by atoms with Crippen LogP contribution in [0.5, 0.6) is 0 Å². The average molecular weight is 260 g/mol. The third-order valence-corrected chi connectivity index (χ3v) is 2.96. The fourth-order valence-corrected chi connectivity index (χ4v) is 1.85. The first-order valence-corrected chi connectivity index (χ1v) is 6.24. The number of rotatable bonds is 6. The molecule has 1 aromatic rings. The van der Waals surface area contributed by atoms with Gasteiger partial charge in [-0.25, -0.2) is 4.39 Å². The Morgan fingerprint density at radius 3 is 2.71 bits per heavy atom. The van der Waals surface area contributed by atoms with Gasteiger partial charge in [0, 0.05) is 10.6 Å². The van der Waals surface area contributed by atoms with Gasteiger partial charge in [0.05, 0.1) is 5.60 Å². The van der Waals surface area contributed by atoms with E-state index in [9.17, 15) is 9.50 Å². The zero-order valence-corrected chi connectivity index (χ0v) is 11.0. The van der Waals surface area contributed by atoms with Crippen molar-refractivity contribution in [1.82, 2.24) is 5.32 Å². The van der Waals surface area contributed by atoms with E-state index in [1.54, 1.807) is 13.0 Å². The maximum absolute atomic E-state index is 13.7. The predicted molar refractivity (Wildman–Crippen MR) is 68.8 cm³/mol. The highest BCUT2D eigenvalue weighted by molar-refractivity contribution is 6.30. The van der Waals surface area contributed by atoms with Crippen LogP contribution in [0.1, 0.15) is 32.3 Å². The van der Waals surface area contributed by atoms with Crippen molar-refractivity contribution in [3.8, 4) is 0 Å². The molecule has 0 fully saturated rings. The standard InChI is InChI=1S/C13H19ClFNO/c1-3-7-16-8-6-13(2,17)11-5-4-10(14)9-12(11)15/h4-5,9,16-17H,3,6-8H2,1-2H3. The zero-order chi connectivity index (χ0) is 12.9. The van der Waals surface area contributed by atoms with Gasteiger partial charge in [-0.2, -0.15) is 0 Å². The van der Waals surface area contributed by atoms with Crippen LogP contribution >= 0.6 is 11.6 Å². The Hall–Kier alpha value is -0.640. The molecule has 1 unspecified atom stereocenters. The molecule has 0 aromatic heterocycles. The Balaban J connectivity index is 2.68. The molecular weight excluding hydrogens is 241 g/mol. The highest BCUT2D eigenvalue weighted by atomic mass is 35.5. The second kappa shape index (κ2) is 6.34. The van der Waals surface area contributed by atoms with Crippen molar-refractivity contribution >= 4 is 11.6 Å². The van der Waals surface area contributed by atoms with Crippen molar-refractivity contribution in [3.05, 3.63) is 34.6 Å². The molecule has 0 spiro atoms. The maximum Gasteiger partial charge on any atom is 0.130 e. The van der Waals surface area contributed by atoms with Gasteiger partial charge < -0.3 is 10.4 Å². The van der Waals surface area contributed by atoms with Crippen molar-refractivity contribution in [2.24, 2.45) is 0 Å². The van der Waals surface area contributed by atoms with Crippen LogP contribution in [0.2, 0.25) is 5.02 Å². The number of hydrogen-bond donors (Lipinski definition) is 2. The summed E-state index contributed by atoms with van der Waals surface area (Å²) in [4.78, 5) is 0. The summed E-state index contributed by atoms with van der Waals surface area (Å²) < 4.78 is 13.7. The summed E-state index contributed by atoms with van der Waals surface area (Å²) in [5.74, 6) is -0.460. The van der Waals surface area contributed by atoms with Crippen LogP contribution < -0.4 is 5.32 Å². The quantitative estimate of drug-likeness (QED) is 0.770. The molecule has 0 bridgehead atoms. The lowest BCUT2D eigenvalue weighted by atomic mass is 9.92. The number of halogens is 2. The normalized spacial score (nSPS) is 14.6. The van der Waals surface area contributed by atoms with Gasteiger partial charge in [0.1, 0.15) is 5.82 Å². The van der Waals surface area contributed by atoms with Crippen LogP contribution in [-0.4, -0.2) is 18.2 Å². The van der Waals surface area contributed by atoms with Crippen LogP contribution in [-0.2, 0) is 5.60 Å². The van der Waals surface area contributed by atoms with Crippen molar-refractivity contribution in [2.75, 3.05) is 13.1 Å². The molecular formula is C13H19ClFNO. The van der Waals surface area contributed by atoms with Crippen molar-refractivity contribution in [2.45, 2.75) is 32.3 Å². The first-order valence-electron chi connectivity index (χ1n) is 5.86. The molecule has 0 saturated carbocycles. The highest BCUT2D eigenvalue weighted by Crippen LogP contribution is 2.28. The number of aliphatic hydroxyl groups is 1. The lowest BCUT2D eigenvalue weighted by Gasteiger charge is -2.24. The zero-order valence-electron chi connectivity index (χ0n) is 10.3. The Morgan fingerprint density at radius 2 is 2.12 bits per heavy atom. The summed E-state index contributed by atoms with van der Waals surface area (Å²) in [5, 5.41) is 13.8. The SMILES string of the molecule is CCCNCCC(C)(O)c1ccc(Cl)cc1F. The topological polar surface area (TPSA) is 32.3 Å². The number of nitrogens with one attached hydrogen (secondary N) is 1. The Morgan fingerprint density at radius 1 is 1.41 bits per heavy atom. The van der Waals surface area contributed by atoms with Gasteiger partial charge in [-0.15, -0.1) is 0 Å². The second-order valence-electron chi connectivity index (χ2n) is 4.40. The smallest absolute Gasteiger partial charge is 0.130 e. The summed E-state index contributed by atoms with van der Waals surface area (Å²) in [5.41, 5.74) is -0.879. The van der Waals surface area contributed by atoms with E-state index in [2.05, 4.69) is 12.2 Å². The van der Waals surface area contributed by atoms with Crippen LogP contribution in [0.3, 0.4) is 0 Å². The molecule has 2 nitrogen and oxygen atoms in total. The Kier molecular flexibility index (Phi) is 5.37. The predicted octanol–water partition coefficient (Wildman–Crippen LogP) is 3.08. The van der Waals surface area contributed by atoms with Gasteiger partial charge >= 0.3 is 0 Å². The molecule has 1 atom stereocenters. The number of benzene rings is 1. The molecule has 0 aliphatic rings. The molecule has 0 saturated heterocycles. The van der Waals surface area contributed by atoms with E-state index in [4.69, 9.17) is 11.6 Å². The molecule has 4 heteroatoms. The molecule has 96 valence electrons.